The minimum Gasteiger partial charge on any atom is -0.507 e. The molecule has 0 aromatic heterocycles. The molecular weight excluding hydrogens is 378 g/mol. The minimum atomic E-state index is 0.123. The monoisotopic (exact) mass is 407 g/mol. The van der Waals surface area contributed by atoms with Gasteiger partial charge in [0, 0.05) is 29.3 Å². The highest BCUT2D eigenvalue weighted by Gasteiger charge is 2.30. The number of phenolic OH excluding ortho intramolecular Hbond substituents is 1. The third-order valence-electron chi connectivity index (χ3n) is 6.09. The van der Waals surface area contributed by atoms with E-state index in [4.69, 9.17) is 14.2 Å². The summed E-state index contributed by atoms with van der Waals surface area (Å²) in [6.45, 7) is 6.36. The van der Waals surface area contributed by atoms with Crippen LogP contribution in [0.5, 0.6) is 23.0 Å². The van der Waals surface area contributed by atoms with Gasteiger partial charge < -0.3 is 24.6 Å². The maximum absolute atomic E-state index is 11.2. The van der Waals surface area contributed by atoms with Gasteiger partial charge in [-0.05, 0) is 61.4 Å². The number of hydrogen-bond donors (Lipinski definition) is 2. The Morgan fingerprint density at radius 1 is 0.933 bits per heavy atom. The zero-order valence-electron chi connectivity index (χ0n) is 18.4. The van der Waals surface area contributed by atoms with Crippen molar-refractivity contribution in [2.75, 3.05) is 21.3 Å². The number of aromatic hydroxyl groups is 1. The zero-order valence-corrected chi connectivity index (χ0v) is 18.4. The summed E-state index contributed by atoms with van der Waals surface area (Å²) in [6, 6.07) is 10.1. The van der Waals surface area contributed by atoms with Crippen molar-refractivity contribution in [1.82, 2.24) is 5.32 Å². The van der Waals surface area contributed by atoms with E-state index in [0.29, 0.717) is 5.75 Å². The molecular formula is C25H29NO4. The van der Waals surface area contributed by atoms with Gasteiger partial charge >= 0.3 is 0 Å². The van der Waals surface area contributed by atoms with Crippen molar-refractivity contribution in [2.45, 2.75) is 39.3 Å². The van der Waals surface area contributed by atoms with Crippen LogP contribution < -0.4 is 19.5 Å². The van der Waals surface area contributed by atoms with Crippen molar-refractivity contribution in [1.29, 1.82) is 0 Å². The van der Waals surface area contributed by atoms with Crippen molar-refractivity contribution < 1.29 is 19.3 Å². The summed E-state index contributed by atoms with van der Waals surface area (Å²) in [4.78, 5) is 0. The van der Waals surface area contributed by atoms with Gasteiger partial charge in [-0.15, -0.1) is 0 Å². The Kier molecular flexibility index (Phi) is 5.24. The van der Waals surface area contributed by atoms with Gasteiger partial charge in [0.2, 0.25) is 0 Å². The topological polar surface area (TPSA) is 60.0 Å². The first kappa shape index (κ1) is 20.4. The molecule has 3 aromatic carbocycles. The average molecular weight is 408 g/mol. The van der Waals surface area contributed by atoms with Gasteiger partial charge in [-0.1, -0.05) is 12.1 Å². The summed E-state index contributed by atoms with van der Waals surface area (Å²) < 4.78 is 17.0. The van der Waals surface area contributed by atoms with Crippen LogP contribution in [0.15, 0.2) is 30.3 Å². The predicted molar refractivity (Wildman–Crippen MR) is 120 cm³/mol. The molecule has 1 aliphatic rings. The Morgan fingerprint density at radius 3 is 2.30 bits per heavy atom. The number of benzene rings is 3. The standard InChI is InChI=1S/C25H29NO4/c1-13-10-20(29-5)25-16(8-7-9-19(25)28-4)22(13)24-17-11-14(2)26-15(3)23(17)21(30-6)12-18(24)27/h7-10,12,14-15,26-27H,11H2,1-6H3/t14-,15+/m0/s1. The number of phenols is 1. The summed E-state index contributed by atoms with van der Waals surface area (Å²) in [5.41, 5.74) is 5.14. The smallest absolute Gasteiger partial charge is 0.130 e. The molecule has 1 aliphatic heterocycles. The van der Waals surface area contributed by atoms with Crippen LogP contribution in [0.1, 0.15) is 36.6 Å². The number of hydrogen-bond acceptors (Lipinski definition) is 5. The van der Waals surface area contributed by atoms with Crippen molar-refractivity contribution in [3.63, 3.8) is 0 Å². The maximum Gasteiger partial charge on any atom is 0.130 e. The molecule has 1 heterocycles. The van der Waals surface area contributed by atoms with Gasteiger partial charge in [0.05, 0.1) is 26.7 Å². The van der Waals surface area contributed by atoms with E-state index in [1.165, 1.54) is 0 Å². The number of ether oxygens (including phenoxy) is 3. The van der Waals surface area contributed by atoms with Gasteiger partial charge in [-0.3, -0.25) is 0 Å². The molecule has 0 spiro atoms. The molecule has 0 unspecified atom stereocenters. The van der Waals surface area contributed by atoms with Crippen LogP contribution in [-0.4, -0.2) is 32.5 Å². The number of rotatable bonds is 4. The third kappa shape index (κ3) is 3.05. The van der Waals surface area contributed by atoms with E-state index < -0.39 is 0 Å². The van der Waals surface area contributed by atoms with E-state index in [1.807, 2.05) is 18.2 Å². The molecule has 0 bridgehead atoms. The quantitative estimate of drug-likeness (QED) is 0.627. The van der Waals surface area contributed by atoms with E-state index in [-0.39, 0.29) is 17.8 Å². The van der Waals surface area contributed by atoms with Gasteiger partial charge in [-0.2, -0.15) is 0 Å². The fourth-order valence-corrected chi connectivity index (χ4v) is 4.93. The first-order valence-corrected chi connectivity index (χ1v) is 10.2. The fraction of sp³-hybridized carbons (Fsp3) is 0.360. The lowest BCUT2D eigenvalue weighted by atomic mass is 9.81. The van der Waals surface area contributed by atoms with Crippen molar-refractivity contribution in [2.24, 2.45) is 0 Å². The molecule has 2 N–H and O–H groups in total. The van der Waals surface area contributed by atoms with E-state index in [2.05, 4.69) is 32.2 Å². The van der Waals surface area contributed by atoms with Crippen molar-refractivity contribution in [3.8, 4) is 34.1 Å². The summed E-state index contributed by atoms with van der Waals surface area (Å²) in [6.07, 6.45) is 0.802. The first-order valence-electron chi connectivity index (χ1n) is 10.2. The van der Waals surface area contributed by atoms with Crippen LogP contribution in [0.2, 0.25) is 0 Å². The molecule has 0 fully saturated rings. The molecule has 0 aliphatic carbocycles. The maximum atomic E-state index is 11.2. The molecule has 3 aromatic rings. The molecule has 5 nitrogen and oxygen atoms in total. The number of nitrogens with one attached hydrogen (secondary N) is 1. The van der Waals surface area contributed by atoms with Gasteiger partial charge in [0.25, 0.3) is 0 Å². The Labute approximate surface area is 177 Å². The lowest BCUT2D eigenvalue weighted by molar-refractivity contribution is 0.377. The third-order valence-corrected chi connectivity index (χ3v) is 6.09. The van der Waals surface area contributed by atoms with E-state index >= 15 is 0 Å². The largest absolute Gasteiger partial charge is 0.507 e. The van der Waals surface area contributed by atoms with Crippen LogP contribution in [0.3, 0.4) is 0 Å². The first-order chi connectivity index (χ1) is 14.4. The lowest BCUT2D eigenvalue weighted by Crippen LogP contribution is -2.36. The number of aryl methyl sites for hydroxylation is 1. The fourth-order valence-electron chi connectivity index (χ4n) is 4.93. The summed E-state index contributed by atoms with van der Waals surface area (Å²) in [7, 11) is 4.98. The Balaban J connectivity index is 2.15. The Morgan fingerprint density at radius 2 is 1.63 bits per heavy atom. The molecule has 5 heteroatoms. The molecule has 2 atom stereocenters. The highest BCUT2D eigenvalue weighted by molar-refractivity contribution is 6.06. The highest BCUT2D eigenvalue weighted by Crippen LogP contribution is 2.49. The second-order valence-corrected chi connectivity index (χ2v) is 8.01. The molecule has 0 saturated carbocycles. The van der Waals surface area contributed by atoms with Crippen LogP contribution >= 0.6 is 0 Å². The molecule has 158 valence electrons. The van der Waals surface area contributed by atoms with Crippen molar-refractivity contribution >= 4 is 10.8 Å². The van der Waals surface area contributed by atoms with Crippen molar-refractivity contribution in [3.05, 3.63) is 47.0 Å². The molecule has 0 amide bonds. The molecule has 4 rings (SSSR count). The average Bonchev–Trinajstić information content (AvgIpc) is 2.72. The highest BCUT2D eigenvalue weighted by atomic mass is 16.5. The van der Waals surface area contributed by atoms with E-state index in [9.17, 15) is 5.11 Å². The van der Waals surface area contributed by atoms with Crippen LogP contribution in [-0.2, 0) is 6.42 Å². The van der Waals surface area contributed by atoms with Gasteiger partial charge in [0.15, 0.2) is 0 Å². The summed E-state index contributed by atoms with van der Waals surface area (Å²) in [5.74, 6) is 2.44. The molecule has 0 saturated heterocycles. The second kappa shape index (κ2) is 7.73. The van der Waals surface area contributed by atoms with E-state index in [1.54, 1.807) is 27.4 Å². The summed E-state index contributed by atoms with van der Waals surface area (Å²) in [5, 5.41) is 16.7. The Hall–Kier alpha value is -2.92. The molecule has 30 heavy (non-hydrogen) atoms. The lowest BCUT2D eigenvalue weighted by Gasteiger charge is -2.33. The van der Waals surface area contributed by atoms with Crippen LogP contribution in [0, 0.1) is 6.92 Å². The predicted octanol–water partition coefficient (Wildman–Crippen LogP) is 5.14. The van der Waals surface area contributed by atoms with Gasteiger partial charge in [0.1, 0.15) is 23.0 Å². The minimum absolute atomic E-state index is 0.123. The SMILES string of the molecule is COc1cc(O)c(-c2c(C)cc(OC)c3c(OC)cccc23)c2c1[C@@H](C)N[C@@H](C)C2. The number of fused-ring (bicyclic) bond motifs is 2. The van der Waals surface area contributed by atoms with Crippen LogP contribution in [0.4, 0.5) is 0 Å². The normalized spacial score (nSPS) is 18.2. The zero-order chi connectivity index (χ0) is 21.6. The second-order valence-electron chi connectivity index (χ2n) is 8.01. The van der Waals surface area contributed by atoms with Crippen LogP contribution in [0.25, 0.3) is 21.9 Å². The molecule has 0 radical (unpaired) electrons. The van der Waals surface area contributed by atoms with Gasteiger partial charge in [-0.25, -0.2) is 0 Å². The van der Waals surface area contributed by atoms with E-state index in [0.717, 1.165) is 56.5 Å². The Bertz CT molecular complexity index is 1120. The summed E-state index contributed by atoms with van der Waals surface area (Å²) >= 11 is 0. The number of methoxy groups -OCH3 is 3.